The van der Waals surface area contributed by atoms with E-state index in [0.29, 0.717) is 11.0 Å². The van der Waals surface area contributed by atoms with Crippen molar-refractivity contribution in [1.29, 1.82) is 0 Å². The van der Waals surface area contributed by atoms with Crippen LogP contribution in [0, 0.1) is 6.92 Å². The Labute approximate surface area is 217 Å². The Morgan fingerprint density at radius 1 is 0.892 bits per heavy atom. The number of pyridine rings is 2. The summed E-state index contributed by atoms with van der Waals surface area (Å²) in [5.41, 5.74) is 5.78. The average molecular weight is 491 g/mol. The normalized spacial score (nSPS) is 21.5. The quantitative estimate of drug-likeness (QED) is 0.159. The molecule has 3 aromatic heterocycles. The van der Waals surface area contributed by atoms with E-state index in [1.807, 2.05) is 18.2 Å². The minimum absolute atomic E-state index is 0.103. The molecule has 186 valence electrons. The van der Waals surface area contributed by atoms with E-state index in [1.165, 1.54) is 22.4 Å². The zero-order chi connectivity index (χ0) is 25.9. The molecule has 37 heavy (non-hydrogen) atoms. The molecule has 0 saturated heterocycles. The lowest BCUT2D eigenvalue weighted by atomic mass is 9.56. The van der Waals surface area contributed by atoms with Crippen LogP contribution in [0.1, 0.15) is 57.7 Å². The van der Waals surface area contributed by atoms with Gasteiger partial charge in [-0.3, -0.25) is 0 Å². The van der Waals surface area contributed by atoms with Crippen LogP contribution >= 0.6 is 0 Å². The molecule has 4 nitrogen and oxygen atoms in total. The summed E-state index contributed by atoms with van der Waals surface area (Å²) in [6.45, 7) is 11.5. The van der Waals surface area contributed by atoms with Gasteiger partial charge in [0.1, 0.15) is 16.4 Å². The Bertz CT molecular complexity index is 1740. The fourth-order valence-corrected chi connectivity index (χ4v) is 7.38. The monoisotopic (exact) mass is 490 g/mol. The summed E-state index contributed by atoms with van der Waals surface area (Å²) in [5, 5.41) is 1.71. The molecule has 5 aromatic rings. The first-order valence-corrected chi connectivity index (χ1v) is 13.4. The van der Waals surface area contributed by atoms with Crippen molar-refractivity contribution in [3.05, 3.63) is 107 Å². The van der Waals surface area contributed by atoms with Crippen molar-refractivity contribution < 1.29 is 13.6 Å². The zero-order valence-electron chi connectivity index (χ0n) is 22.3. The molecule has 0 N–H and O–H groups in total. The van der Waals surface area contributed by atoms with Gasteiger partial charge in [-0.15, -0.1) is 0 Å². The van der Waals surface area contributed by atoms with Gasteiger partial charge in [-0.05, 0) is 55.7 Å². The van der Waals surface area contributed by atoms with E-state index >= 15 is 0 Å². The van der Waals surface area contributed by atoms with E-state index in [-0.39, 0.29) is 22.6 Å². The van der Waals surface area contributed by atoms with Crippen LogP contribution in [0.15, 0.2) is 94.4 Å². The molecule has 0 saturated carbocycles. The average Bonchev–Trinajstić information content (AvgIpc) is 2.93. The first-order chi connectivity index (χ1) is 17.9. The third-order valence-electron chi connectivity index (χ3n) is 9.34. The lowest BCUT2D eigenvalue weighted by Crippen LogP contribution is -2.72. The second-order valence-electron chi connectivity index (χ2n) is 10.6. The van der Waals surface area contributed by atoms with Crippen molar-refractivity contribution in [1.82, 2.24) is 0 Å². The van der Waals surface area contributed by atoms with Gasteiger partial charge >= 0.3 is 5.63 Å². The topological polar surface area (TPSA) is 38.0 Å². The third kappa shape index (κ3) is 2.99. The Balaban J connectivity index is 1.74. The van der Waals surface area contributed by atoms with Crippen LogP contribution in [-0.4, -0.2) is 0 Å². The molecule has 4 heteroatoms. The lowest BCUT2D eigenvalue weighted by Gasteiger charge is -2.48. The van der Waals surface area contributed by atoms with Gasteiger partial charge in [-0.1, -0.05) is 44.2 Å². The van der Waals surface area contributed by atoms with Gasteiger partial charge in [0.15, 0.2) is 24.0 Å². The summed E-state index contributed by atoms with van der Waals surface area (Å²) in [6.07, 6.45) is 6.23. The van der Waals surface area contributed by atoms with Gasteiger partial charge < -0.3 is 4.42 Å². The molecule has 0 fully saturated rings. The Morgan fingerprint density at radius 2 is 1.68 bits per heavy atom. The van der Waals surface area contributed by atoms with Crippen LogP contribution in [0.2, 0.25) is 0 Å². The molecule has 0 bridgehead atoms. The zero-order valence-corrected chi connectivity index (χ0v) is 22.3. The molecule has 3 unspecified atom stereocenters. The summed E-state index contributed by atoms with van der Waals surface area (Å²) in [4.78, 5) is 13.0. The molecule has 2 aromatic carbocycles. The van der Waals surface area contributed by atoms with Gasteiger partial charge in [0.25, 0.3) is 0 Å². The molecule has 0 radical (unpaired) electrons. The van der Waals surface area contributed by atoms with Crippen LogP contribution < -0.4 is 14.8 Å². The van der Waals surface area contributed by atoms with Gasteiger partial charge in [0.05, 0.1) is 5.39 Å². The van der Waals surface area contributed by atoms with Crippen LogP contribution in [0.25, 0.3) is 33.1 Å². The SMILES string of the molecule is CCC1(C(C)[n+]2ccccc2-c2ccccc2C)c2cccc3oc(=O)c4ccc[n+](c4c23)C1(C)CC. The van der Waals surface area contributed by atoms with Crippen LogP contribution in [-0.2, 0) is 11.0 Å². The molecule has 4 heterocycles. The van der Waals surface area contributed by atoms with Crippen molar-refractivity contribution >= 4 is 21.9 Å². The molecule has 0 aliphatic carbocycles. The number of hydrogen-bond acceptors (Lipinski definition) is 2. The maximum Gasteiger partial charge on any atom is 0.350 e. The molecular weight excluding hydrogens is 456 g/mol. The van der Waals surface area contributed by atoms with Crippen molar-refractivity contribution in [2.45, 2.75) is 64.5 Å². The highest BCUT2D eigenvalue weighted by Crippen LogP contribution is 2.54. The molecule has 6 rings (SSSR count). The predicted octanol–water partition coefficient (Wildman–Crippen LogP) is 6.54. The number of aromatic nitrogens is 2. The first-order valence-electron chi connectivity index (χ1n) is 13.4. The molecule has 1 aliphatic heterocycles. The number of aryl methyl sites for hydroxylation is 1. The van der Waals surface area contributed by atoms with Crippen LogP contribution in [0.4, 0.5) is 0 Å². The summed E-state index contributed by atoms with van der Waals surface area (Å²) in [6, 6.07) is 25.4. The Kier molecular flexibility index (Phi) is 5.34. The number of hydrogen-bond donors (Lipinski definition) is 0. The summed E-state index contributed by atoms with van der Waals surface area (Å²) in [5.74, 6) is 0. The van der Waals surface area contributed by atoms with Crippen molar-refractivity contribution in [3.8, 4) is 11.3 Å². The summed E-state index contributed by atoms with van der Waals surface area (Å²) >= 11 is 0. The molecule has 3 atom stereocenters. The number of nitrogens with zero attached hydrogens (tertiary/aromatic N) is 2. The van der Waals surface area contributed by atoms with E-state index in [0.717, 1.165) is 23.7 Å². The summed E-state index contributed by atoms with van der Waals surface area (Å²) in [7, 11) is 0. The molecular formula is C33H34N2O2+2. The highest BCUT2D eigenvalue weighted by atomic mass is 16.4. The van der Waals surface area contributed by atoms with Crippen molar-refractivity contribution in [2.24, 2.45) is 0 Å². The van der Waals surface area contributed by atoms with Gasteiger partial charge in [0.2, 0.25) is 11.2 Å². The van der Waals surface area contributed by atoms with E-state index in [2.05, 4.69) is 111 Å². The van der Waals surface area contributed by atoms with E-state index in [9.17, 15) is 4.79 Å². The van der Waals surface area contributed by atoms with E-state index in [1.54, 1.807) is 0 Å². The minimum Gasteiger partial charge on any atom is -0.422 e. The fraction of sp³-hybridized carbons (Fsp3) is 0.303. The number of benzene rings is 2. The third-order valence-corrected chi connectivity index (χ3v) is 9.34. The largest absolute Gasteiger partial charge is 0.422 e. The van der Waals surface area contributed by atoms with Crippen LogP contribution in [0.3, 0.4) is 0 Å². The Hall–Kier alpha value is -3.79. The predicted molar refractivity (Wildman–Crippen MR) is 148 cm³/mol. The van der Waals surface area contributed by atoms with Crippen LogP contribution in [0.5, 0.6) is 0 Å². The maximum atomic E-state index is 13.0. The van der Waals surface area contributed by atoms with E-state index in [4.69, 9.17) is 4.42 Å². The van der Waals surface area contributed by atoms with Gasteiger partial charge in [-0.25, -0.2) is 4.79 Å². The second-order valence-corrected chi connectivity index (χ2v) is 10.6. The Morgan fingerprint density at radius 3 is 2.43 bits per heavy atom. The van der Waals surface area contributed by atoms with Crippen molar-refractivity contribution in [2.75, 3.05) is 0 Å². The molecule has 0 spiro atoms. The molecule has 1 aliphatic rings. The van der Waals surface area contributed by atoms with E-state index < -0.39 is 0 Å². The highest BCUT2D eigenvalue weighted by molar-refractivity contribution is 6.03. The highest BCUT2D eigenvalue weighted by Gasteiger charge is 2.64. The summed E-state index contributed by atoms with van der Waals surface area (Å²) < 4.78 is 10.7. The lowest BCUT2D eigenvalue weighted by molar-refractivity contribution is -0.782. The minimum atomic E-state index is -0.290. The standard InChI is InChI=1S/C33H34N2O2/c1-6-32(5)33(7-2,23(4)34-20-11-10-18-27(34)24-15-9-8-14-22(24)3)26-17-12-19-28-29(26)30-25(31(36)37-28)16-13-21-35(30)32/h8-21,23H,6-7H2,1-5H3/q+2. The van der Waals surface area contributed by atoms with Gasteiger partial charge in [0, 0.05) is 37.1 Å². The maximum absolute atomic E-state index is 13.0. The second kappa shape index (κ2) is 8.37. The number of rotatable bonds is 5. The van der Waals surface area contributed by atoms with Crippen molar-refractivity contribution in [3.63, 3.8) is 0 Å². The fourth-order valence-electron chi connectivity index (χ4n) is 7.38. The molecule has 0 amide bonds. The first kappa shape index (κ1) is 23.6. The smallest absolute Gasteiger partial charge is 0.350 e. The van der Waals surface area contributed by atoms with Gasteiger partial charge in [-0.2, -0.15) is 9.13 Å².